The minimum atomic E-state index is -3.82. The maximum atomic E-state index is 13.4. The molecule has 0 aliphatic carbocycles. The van der Waals surface area contributed by atoms with Crippen molar-refractivity contribution in [3.63, 3.8) is 0 Å². The lowest BCUT2D eigenvalue weighted by molar-refractivity contribution is -0.140. The summed E-state index contributed by atoms with van der Waals surface area (Å²) in [5.41, 5.74) is 3.43. The number of carbonyl (C=O) groups is 1. The molecule has 0 fully saturated rings. The topological polar surface area (TPSA) is 102 Å². The van der Waals surface area contributed by atoms with Crippen LogP contribution in [0.5, 0.6) is 0 Å². The van der Waals surface area contributed by atoms with Gasteiger partial charge in [-0.15, -0.1) is 11.3 Å². The molecule has 35 heavy (non-hydrogen) atoms. The molecule has 10 heteroatoms. The van der Waals surface area contributed by atoms with E-state index in [1.54, 1.807) is 23.8 Å². The molecule has 4 rings (SSSR count). The lowest BCUT2D eigenvalue weighted by Crippen LogP contribution is -2.30. The fourth-order valence-corrected chi connectivity index (χ4v) is 5.90. The van der Waals surface area contributed by atoms with Gasteiger partial charge in [0.15, 0.2) is 5.82 Å². The first-order chi connectivity index (χ1) is 17.0. The van der Waals surface area contributed by atoms with Crippen LogP contribution in [0.1, 0.15) is 23.1 Å². The summed E-state index contributed by atoms with van der Waals surface area (Å²) in [5.74, 6) is 0.322. The van der Waals surface area contributed by atoms with Crippen molar-refractivity contribution in [2.24, 2.45) is 0 Å². The summed E-state index contributed by atoms with van der Waals surface area (Å²) in [6, 6.07) is 16.8. The summed E-state index contributed by atoms with van der Waals surface area (Å²) < 4.78 is 33.0. The minimum absolute atomic E-state index is 0.0497. The van der Waals surface area contributed by atoms with E-state index in [-0.39, 0.29) is 29.8 Å². The number of methoxy groups -OCH3 is 1. The number of hydrogen-bond acceptors (Lipinski definition) is 8. The third-order valence-corrected chi connectivity index (χ3v) is 8.27. The van der Waals surface area contributed by atoms with Gasteiger partial charge in [-0.1, -0.05) is 48.5 Å². The zero-order valence-corrected chi connectivity index (χ0v) is 20.7. The van der Waals surface area contributed by atoms with Crippen molar-refractivity contribution in [1.82, 2.24) is 19.3 Å². The molecule has 0 bridgehead atoms. The Kier molecular flexibility index (Phi) is 7.96. The van der Waals surface area contributed by atoms with Crippen LogP contribution in [0.4, 0.5) is 0 Å². The van der Waals surface area contributed by atoms with E-state index in [1.807, 2.05) is 48.5 Å². The van der Waals surface area contributed by atoms with Crippen LogP contribution in [0.2, 0.25) is 0 Å². The molecule has 0 saturated heterocycles. The third-order valence-electron chi connectivity index (χ3n) is 5.30. The number of aromatic nitrogens is 3. The largest absolute Gasteiger partial charge is 0.469 e. The standard InChI is InChI=1S/C25H24N4O4S2/c1-33-23(30)11-8-19-4-2-5-21(16-19)18-29(35(31,32)25-28-14-15-34-25)17-20-6-9-22(10-7-20)24-26-12-3-13-27-24/h2-7,9-10,12-16H,8,11,17-18H2,1H3. The molecular formula is C25H24N4O4S2. The maximum Gasteiger partial charge on any atom is 0.305 e. The molecule has 2 heterocycles. The van der Waals surface area contributed by atoms with Gasteiger partial charge >= 0.3 is 5.97 Å². The van der Waals surface area contributed by atoms with E-state index in [1.165, 1.54) is 17.6 Å². The normalized spacial score (nSPS) is 11.5. The van der Waals surface area contributed by atoms with Crippen LogP contribution in [0.15, 0.2) is 82.9 Å². The molecule has 0 saturated carbocycles. The van der Waals surface area contributed by atoms with Crippen molar-refractivity contribution >= 4 is 27.3 Å². The Labute approximate surface area is 208 Å². The Morgan fingerprint density at radius 2 is 1.63 bits per heavy atom. The van der Waals surface area contributed by atoms with Crippen LogP contribution in [0.25, 0.3) is 11.4 Å². The second kappa shape index (κ2) is 11.3. The monoisotopic (exact) mass is 508 g/mol. The second-order valence-electron chi connectivity index (χ2n) is 7.74. The van der Waals surface area contributed by atoms with Crippen LogP contribution in [0.3, 0.4) is 0 Å². The van der Waals surface area contributed by atoms with Gasteiger partial charge < -0.3 is 4.74 Å². The summed E-state index contributed by atoms with van der Waals surface area (Å²) in [5, 5.41) is 1.65. The highest BCUT2D eigenvalue weighted by Crippen LogP contribution is 2.24. The molecule has 0 amide bonds. The van der Waals surface area contributed by atoms with Crippen LogP contribution in [0, 0.1) is 0 Å². The molecule has 0 aliphatic rings. The molecule has 2 aromatic carbocycles. The molecular weight excluding hydrogens is 484 g/mol. The number of nitrogens with zero attached hydrogens (tertiary/aromatic N) is 4. The SMILES string of the molecule is COC(=O)CCc1cccc(CN(Cc2ccc(-c3ncccn3)cc2)S(=O)(=O)c2nccs2)c1. The highest BCUT2D eigenvalue weighted by atomic mass is 32.2. The van der Waals surface area contributed by atoms with Gasteiger partial charge in [-0.3, -0.25) is 4.79 Å². The quantitative estimate of drug-likeness (QED) is 0.297. The fourth-order valence-electron chi connectivity index (χ4n) is 3.52. The van der Waals surface area contributed by atoms with Gasteiger partial charge in [-0.25, -0.2) is 23.4 Å². The number of thiazole rings is 1. The molecule has 0 spiro atoms. The van der Waals surface area contributed by atoms with E-state index in [2.05, 4.69) is 15.0 Å². The molecule has 8 nitrogen and oxygen atoms in total. The molecule has 0 unspecified atom stereocenters. The van der Waals surface area contributed by atoms with Crippen LogP contribution in [-0.4, -0.2) is 40.8 Å². The van der Waals surface area contributed by atoms with E-state index < -0.39 is 10.0 Å². The van der Waals surface area contributed by atoms with Gasteiger partial charge in [-0.05, 0) is 29.2 Å². The Morgan fingerprint density at radius 1 is 0.914 bits per heavy atom. The van der Waals surface area contributed by atoms with Crippen LogP contribution < -0.4 is 0 Å². The van der Waals surface area contributed by atoms with Gasteiger partial charge in [0.1, 0.15) is 0 Å². The average Bonchev–Trinajstić information content (AvgIpc) is 3.44. The highest BCUT2D eigenvalue weighted by Gasteiger charge is 2.27. The number of carbonyl (C=O) groups excluding carboxylic acids is 1. The molecule has 2 aromatic heterocycles. The number of sulfonamides is 1. The number of esters is 1. The summed E-state index contributed by atoms with van der Waals surface area (Å²) in [6.07, 6.45) is 5.62. The first-order valence-corrected chi connectivity index (χ1v) is 13.2. The summed E-state index contributed by atoms with van der Waals surface area (Å²) in [7, 11) is -2.46. The first-order valence-electron chi connectivity index (χ1n) is 10.9. The van der Waals surface area contributed by atoms with E-state index in [9.17, 15) is 13.2 Å². The first kappa shape index (κ1) is 24.6. The number of benzene rings is 2. The molecule has 0 atom stereocenters. The lowest BCUT2D eigenvalue weighted by atomic mass is 10.1. The Morgan fingerprint density at radius 3 is 2.31 bits per heavy atom. The summed E-state index contributed by atoms with van der Waals surface area (Å²) in [4.78, 5) is 24.1. The zero-order chi connectivity index (χ0) is 24.7. The Hall–Kier alpha value is -3.47. The van der Waals surface area contributed by atoms with E-state index >= 15 is 0 Å². The lowest BCUT2D eigenvalue weighted by Gasteiger charge is -2.21. The highest BCUT2D eigenvalue weighted by molar-refractivity contribution is 7.91. The smallest absolute Gasteiger partial charge is 0.305 e. The van der Waals surface area contributed by atoms with E-state index in [0.717, 1.165) is 33.6 Å². The summed E-state index contributed by atoms with van der Waals surface area (Å²) >= 11 is 1.09. The van der Waals surface area contributed by atoms with Crippen molar-refractivity contribution in [3.05, 3.63) is 95.3 Å². The van der Waals surface area contributed by atoms with Gasteiger partial charge in [-0.2, -0.15) is 4.31 Å². The predicted octanol–water partition coefficient (Wildman–Crippen LogP) is 4.10. The van der Waals surface area contributed by atoms with Crippen molar-refractivity contribution in [2.45, 2.75) is 30.3 Å². The maximum absolute atomic E-state index is 13.4. The summed E-state index contributed by atoms with van der Waals surface area (Å²) in [6.45, 7) is 0.335. The number of hydrogen-bond donors (Lipinski definition) is 0. The fraction of sp³-hybridized carbons (Fsp3) is 0.200. The van der Waals surface area contributed by atoms with Crippen molar-refractivity contribution < 1.29 is 17.9 Å². The van der Waals surface area contributed by atoms with Crippen LogP contribution in [-0.2, 0) is 39.1 Å². The zero-order valence-electron chi connectivity index (χ0n) is 19.1. The second-order valence-corrected chi connectivity index (χ2v) is 10.7. The van der Waals surface area contributed by atoms with Crippen molar-refractivity contribution in [2.75, 3.05) is 7.11 Å². The van der Waals surface area contributed by atoms with Gasteiger partial charge in [0, 0.05) is 49.0 Å². The number of aryl methyl sites for hydroxylation is 1. The molecule has 0 aliphatic heterocycles. The van der Waals surface area contributed by atoms with Crippen molar-refractivity contribution in [1.29, 1.82) is 0 Å². The Bertz CT molecular complexity index is 1360. The minimum Gasteiger partial charge on any atom is -0.469 e. The molecule has 180 valence electrons. The Balaban J connectivity index is 1.58. The van der Waals surface area contributed by atoms with Crippen molar-refractivity contribution in [3.8, 4) is 11.4 Å². The van der Waals surface area contributed by atoms with Gasteiger partial charge in [0.2, 0.25) is 4.34 Å². The predicted molar refractivity (Wildman–Crippen MR) is 133 cm³/mol. The molecule has 4 aromatic rings. The molecule has 0 N–H and O–H groups in total. The average molecular weight is 509 g/mol. The molecule has 0 radical (unpaired) electrons. The number of rotatable bonds is 10. The number of ether oxygens (including phenoxy) is 1. The van der Waals surface area contributed by atoms with E-state index in [4.69, 9.17) is 4.74 Å². The van der Waals surface area contributed by atoms with E-state index in [0.29, 0.717) is 12.2 Å². The van der Waals surface area contributed by atoms with Gasteiger partial charge in [0.25, 0.3) is 10.0 Å². The third kappa shape index (κ3) is 6.36. The van der Waals surface area contributed by atoms with Crippen LogP contribution >= 0.6 is 11.3 Å². The van der Waals surface area contributed by atoms with Gasteiger partial charge in [0.05, 0.1) is 7.11 Å².